The van der Waals surface area contributed by atoms with Crippen molar-refractivity contribution >= 4 is 39.5 Å². The Morgan fingerprint density at radius 1 is 0.341 bits per heavy atom. The predicted octanol–water partition coefficient (Wildman–Crippen LogP) is 17.0. The Morgan fingerprint density at radius 2 is 0.585 bits per heavy atom. The van der Waals surface area contributed by atoms with Crippen molar-refractivity contribution in [2.45, 2.75) is 318 Å². The highest BCUT2D eigenvalue weighted by Crippen LogP contribution is 2.45. The molecular weight excluding hydrogens is 1090 g/mol. The van der Waals surface area contributed by atoms with Gasteiger partial charge in [0.25, 0.3) is 0 Å². The topological polar surface area (TPSA) is 237 Å². The molecule has 0 aliphatic rings. The lowest BCUT2D eigenvalue weighted by Crippen LogP contribution is -2.30. The third kappa shape index (κ3) is 55.9. The number of carbonyl (C=O) groups is 4. The molecule has 3 N–H and O–H groups in total. The molecule has 0 saturated carbocycles. The van der Waals surface area contributed by atoms with Crippen LogP contribution in [0.4, 0.5) is 0 Å². The monoisotopic (exact) mass is 1210 g/mol. The van der Waals surface area contributed by atoms with Gasteiger partial charge in [-0.05, 0) is 49.4 Å². The van der Waals surface area contributed by atoms with E-state index in [0.29, 0.717) is 37.5 Å². The van der Waals surface area contributed by atoms with Gasteiger partial charge in [0.2, 0.25) is 0 Å². The molecule has 17 nitrogen and oxygen atoms in total. The maximum absolute atomic E-state index is 13.0. The molecule has 0 aliphatic carbocycles. The molecule has 486 valence electrons. The molecule has 0 saturated heterocycles. The molecule has 0 aromatic carbocycles. The number of phosphoric ester groups is 2. The summed E-state index contributed by atoms with van der Waals surface area (Å²) in [6.45, 7) is 13.9. The van der Waals surface area contributed by atoms with Crippen molar-refractivity contribution in [2.24, 2.45) is 23.7 Å². The van der Waals surface area contributed by atoms with Gasteiger partial charge in [-0.3, -0.25) is 37.3 Å². The van der Waals surface area contributed by atoms with Gasteiger partial charge in [0.05, 0.1) is 26.4 Å². The first kappa shape index (κ1) is 80.1. The molecule has 0 rings (SSSR count). The van der Waals surface area contributed by atoms with Gasteiger partial charge in [-0.15, -0.1) is 0 Å². The van der Waals surface area contributed by atoms with Gasteiger partial charge >= 0.3 is 39.5 Å². The summed E-state index contributed by atoms with van der Waals surface area (Å²) in [7, 11) is -9.89. The van der Waals surface area contributed by atoms with Crippen LogP contribution in [0.3, 0.4) is 0 Å². The Balaban J connectivity index is 5.24. The molecule has 0 amide bonds. The normalized spacial score (nSPS) is 14.8. The molecule has 0 fully saturated rings. The van der Waals surface area contributed by atoms with Crippen LogP contribution >= 0.6 is 15.6 Å². The molecule has 4 unspecified atom stereocenters. The molecule has 0 bridgehead atoms. The van der Waals surface area contributed by atoms with Crippen molar-refractivity contribution in [1.29, 1.82) is 0 Å². The molecule has 19 heteroatoms. The first-order valence-corrected chi connectivity index (χ1v) is 35.7. The van der Waals surface area contributed by atoms with E-state index in [-0.39, 0.29) is 25.7 Å². The van der Waals surface area contributed by atoms with Crippen molar-refractivity contribution in [3.63, 3.8) is 0 Å². The summed E-state index contributed by atoms with van der Waals surface area (Å²) in [4.78, 5) is 72.1. The zero-order valence-corrected chi connectivity index (χ0v) is 54.9. The summed E-state index contributed by atoms with van der Waals surface area (Å²) < 4.78 is 67.9. The highest BCUT2D eigenvalue weighted by atomic mass is 31.2. The van der Waals surface area contributed by atoms with Crippen molar-refractivity contribution in [3.8, 4) is 0 Å². The number of carbonyl (C=O) groups excluding carboxylic acids is 4. The van der Waals surface area contributed by atoms with Crippen LogP contribution in [-0.4, -0.2) is 96.7 Å². The molecular formula is C63H122O17P2. The van der Waals surface area contributed by atoms with Gasteiger partial charge in [0, 0.05) is 25.7 Å². The Morgan fingerprint density at radius 3 is 0.866 bits per heavy atom. The summed E-state index contributed by atoms with van der Waals surface area (Å²) in [5.41, 5.74) is 0. The van der Waals surface area contributed by atoms with E-state index in [1.165, 1.54) is 96.3 Å². The maximum atomic E-state index is 13.0. The molecule has 0 radical (unpaired) electrons. The van der Waals surface area contributed by atoms with Gasteiger partial charge in [-0.25, -0.2) is 9.13 Å². The van der Waals surface area contributed by atoms with Crippen LogP contribution < -0.4 is 0 Å². The van der Waals surface area contributed by atoms with Crippen molar-refractivity contribution < 1.29 is 80.2 Å². The zero-order chi connectivity index (χ0) is 61.1. The number of phosphoric acid groups is 2. The van der Waals surface area contributed by atoms with Gasteiger partial charge in [0.1, 0.15) is 19.3 Å². The quantitative estimate of drug-likeness (QED) is 0.0222. The van der Waals surface area contributed by atoms with Gasteiger partial charge in [-0.2, -0.15) is 0 Å². The minimum Gasteiger partial charge on any atom is -0.462 e. The number of aliphatic hydroxyl groups excluding tert-OH is 1. The smallest absolute Gasteiger partial charge is 0.462 e. The number of aliphatic hydroxyl groups is 1. The van der Waals surface area contributed by atoms with Crippen LogP contribution in [0, 0.1) is 23.7 Å². The molecule has 6 atom stereocenters. The number of hydrogen-bond donors (Lipinski definition) is 3. The standard InChI is InChI=1S/C63H122O17P2/c1-9-56(8)42-34-26-20-22-30-38-46-63(68)80-59(49-73-60(65)43-35-27-17-13-11-10-12-15-23-31-39-53(2)3)52-78-82(71,72)76-48-57(64)47-75-81(69,70)77-51-58(79-62(67)45-37-29-21-19-25-33-41-55(6)7)50-74-61(66)44-36-28-18-14-16-24-32-40-54(4)5/h53-59,64H,9-52H2,1-8H3,(H,69,70)(H,71,72)/t56?,57?,58-,59-/m1/s1. The van der Waals surface area contributed by atoms with E-state index in [2.05, 4.69) is 55.4 Å². The maximum Gasteiger partial charge on any atom is 0.472 e. The third-order valence-electron chi connectivity index (χ3n) is 14.7. The lowest BCUT2D eigenvalue weighted by Gasteiger charge is -2.21. The van der Waals surface area contributed by atoms with E-state index in [0.717, 1.165) is 108 Å². The molecule has 0 spiro atoms. The van der Waals surface area contributed by atoms with E-state index < -0.39 is 97.5 Å². The minimum atomic E-state index is -4.94. The van der Waals surface area contributed by atoms with E-state index in [1.807, 2.05) is 0 Å². The van der Waals surface area contributed by atoms with Crippen LogP contribution in [-0.2, 0) is 65.4 Å². The molecule has 82 heavy (non-hydrogen) atoms. The van der Waals surface area contributed by atoms with Gasteiger partial charge in [-0.1, -0.05) is 248 Å². The van der Waals surface area contributed by atoms with Crippen LogP contribution in [0.5, 0.6) is 0 Å². The number of rotatable bonds is 60. The Labute approximate surface area is 498 Å². The average molecular weight is 1210 g/mol. The number of hydrogen-bond acceptors (Lipinski definition) is 15. The van der Waals surface area contributed by atoms with Gasteiger partial charge < -0.3 is 33.8 Å². The van der Waals surface area contributed by atoms with Crippen molar-refractivity contribution in [1.82, 2.24) is 0 Å². The molecule has 0 aromatic rings. The van der Waals surface area contributed by atoms with Crippen LogP contribution in [0.25, 0.3) is 0 Å². The second-order valence-electron chi connectivity index (χ2n) is 24.5. The SMILES string of the molecule is CCC(C)CCCCCCCCC(=O)O[C@H](COC(=O)CCCCCCCCCCCCC(C)C)COP(=O)(O)OCC(O)COP(=O)(O)OC[C@@H](COC(=O)CCCCCCCCCC(C)C)OC(=O)CCCCCCCCC(C)C. The fourth-order valence-electron chi connectivity index (χ4n) is 9.22. The van der Waals surface area contributed by atoms with Crippen LogP contribution in [0.15, 0.2) is 0 Å². The lowest BCUT2D eigenvalue weighted by molar-refractivity contribution is -0.161. The van der Waals surface area contributed by atoms with E-state index >= 15 is 0 Å². The Hall–Kier alpha value is -1.94. The first-order chi connectivity index (χ1) is 39.1. The van der Waals surface area contributed by atoms with Gasteiger partial charge in [0.15, 0.2) is 12.2 Å². The average Bonchev–Trinajstić information content (AvgIpc) is 3.42. The molecule has 0 heterocycles. The molecule has 0 aliphatic heterocycles. The summed E-state index contributed by atoms with van der Waals surface area (Å²) >= 11 is 0. The third-order valence-corrected chi connectivity index (χ3v) is 16.6. The van der Waals surface area contributed by atoms with Crippen LogP contribution in [0.2, 0.25) is 0 Å². The summed E-state index contributed by atoms with van der Waals surface area (Å²) in [6, 6.07) is 0. The van der Waals surface area contributed by atoms with E-state index in [9.17, 15) is 43.2 Å². The Kier molecular flexibility index (Phi) is 52.0. The highest BCUT2D eigenvalue weighted by molar-refractivity contribution is 7.47. The summed E-state index contributed by atoms with van der Waals surface area (Å²) in [5, 5.41) is 10.5. The Bertz CT molecular complexity index is 1650. The summed E-state index contributed by atoms with van der Waals surface area (Å²) in [5.74, 6) is 0.706. The van der Waals surface area contributed by atoms with Crippen molar-refractivity contribution in [2.75, 3.05) is 39.6 Å². The number of unbranched alkanes of at least 4 members (excludes halogenated alkanes) is 25. The summed E-state index contributed by atoms with van der Waals surface area (Å²) in [6.07, 6.45) is 32.4. The second-order valence-corrected chi connectivity index (χ2v) is 27.4. The van der Waals surface area contributed by atoms with Crippen molar-refractivity contribution in [3.05, 3.63) is 0 Å². The largest absolute Gasteiger partial charge is 0.472 e. The minimum absolute atomic E-state index is 0.100. The lowest BCUT2D eigenvalue weighted by atomic mass is 10.00. The fourth-order valence-corrected chi connectivity index (χ4v) is 10.8. The van der Waals surface area contributed by atoms with E-state index in [1.54, 1.807) is 0 Å². The zero-order valence-electron chi connectivity index (χ0n) is 53.1. The number of ether oxygens (including phenoxy) is 4. The highest BCUT2D eigenvalue weighted by Gasteiger charge is 2.30. The predicted molar refractivity (Wildman–Crippen MR) is 326 cm³/mol. The first-order valence-electron chi connectivity index (χ1n) is 32.7. The second kappa shape index (κ2) is 53.3. The van der Waals surface area contributed by atoms with Crippen LogP contribution in [0.1, 0.15) is 299 Å². The fraction of sp³-hybridized carbons (Fsp3) is 0.937. The number of esters is 4. The van der Waals surface area contributed by atoms with E-state index in [4.69, 9.17) is 37.0 Å². The molecule has 0 aromatic heterocycles.